The fourth-order valence-electron chi connectivity index (χ4n) is 3.64. The summed E-state index contributed by atoms with van der Waals surface area (Å²) in [7, 11) is -3.80. The van der Waals surface area contributed by atoms with Gasteiger partial charge < -0.3 is 15.3 Å². The Kier molecular flexibility index (Phi) is 7.81. The molecule has 0 spiro atoms. The minimum absolute atomic E-state index is 0.0499. The number of phenols is 1. The maximum Gasteiger partial charge on any atom is 0.252 e. The molecule has 1 saturated heterocycles. The van der Waals surface area contributed by atoms with Crippen molar-refractivity contribution in [3.63, 3.8) is 0 Å². The molecule has 1 amide bonds. The van der Waals surface area contributed by atoms with Crippen molar-refractivity contribution in [1.29, 1.82) is 0 Å². The zero-order valence-corrected chi connectivity index (χ0v) is 18.2. The second-order valence-corrected chi connectivity index (χ2v) is 9.83. The summed E-state index contributed by atoms with van der Waals surface area (Å²) < 4.78 is 25.7. The third-order valence-corrected chi connectivity index (χ3v) is 7.13. The first-order chi connectivity index (χ1) is 14.8. The predicted molar refractivity (Wildman–Crippen MR) is 118 cm³/mol. The van der Waals surface area contributed by atoms with Crippen LogP contribution in [-0.2, 0) is 21.1 Å². The van der Waals surface area contributed by atoms with Gasteiger partial charge in [0.2, 0.25) is 0 Å². The number of rotatable bonds is 10. The molecule has 7 nitrogen and oxygen atoms in total. The summed E-state index contributed by atoms with van der Waals surface area (Å²) in [4.78, 5) is 27.1. The van der Waals surface area contributed by atoms with Gasteiger partial charge in [-0.25, -0.2) is 8.42 Å². The molecule has 2 aromatic rings. The number of nitrogens with zero attached hydrogens (tertiary/aromatic N) is 1. The van der Waals surface area contributed by atoms with Crippen LogP contribution in [0.5, 0.6) is 5.75 Å². The van der Waals surface area contributed by atoms with Crippen LogP contribution >= 0.6 is 0 Å². The number of sulfone groups is 1. The van der Waals surface area contributed by atoms with E-state index in [1.54, 1.807) is 24.3 Å². The van der Waals surface area contributed by atoms with Crippen LogP contribution in [0.1, 0.15) is 35.2 Å². The van der Waals surface area contributed by atoms with E-state index >= 15 is 0 Å². The van der Waals surface area contributed by atoms with Crippen LogP contribution < -0.4 is 5.32 Å². The van der Waals surface area contributed by atoms with Gasteiger partial charge in [-0.15, -0.1) is 0 Å². The van der Waals surface area contributed by atoms with Gasteiger partial charge in [-0.3, -0.25) is 9.59 Å². The minimum Gasteiger partial charge on any atom is -0.508 e. The number of hydrogen-bond donors (Lipinski definition) is 2. The second kappa shape index (κ2) is 10.5. The lowest BCUT2D eigenvalue weighted by Gasteiger charge is -2.15. The molecular weight excluding hydrogens is 416 g/mol. The lowest BCUT2D eigenvalue weighted by molar-refractivity contribution is -0.118. The van der Waals surface area contributed by atoms with Gasteiger partial charge in [-0.2, -0.15) is 0 Å². The molecule has 1 heterocycles. The highest BCUT2D eigenvalue weighted by Gasteiger charge is 2.23. The number of aromatic hydroxyl groups is 1. The molecule has 3 rings (SSSR count). The highest BCUT2D eigenvalue weighted by atomic mass is 32.2. The Balaban J connectivity index is 1.59. The first-order valence-corrected chi connectivity index (χ1v) is 12.1. The van der Waals surface area contributed by atoms with Crippen molar-refractivity contribution in [2.45, 2.75) is 30.6 Å². The van der Waals surface area contributed by atoms with Crippen molar-refractivity contribution >= 4 is 21.5 Å². The summed E-state index contributed by atoms with van der Waals surface area (Å²) in [5.41, 5.74) is 0.813. The zero-order valence-electron chi connectivity index (χ0n) is 17.4. The first-order valence-electron chi connectivity index (χ1n) is 10.5. The van der Waals surface area contributed by atoms with E-state index in [9.17, 15) is 23.1 Å². The Bertz CT molecular complexity index is 1010. The third-order valence-electron chi connectivity index (χ3n) is 5.37. The molecule has 1 fully saturated rings. The van der Waals surface area contributed by atoms with Crippen LogP contribution in [0.2, 0.25) is 0 Å². The lowest BCUT2D eigenvalue weighted by atomic mass is 10.1. The van der Waals surface area contributed by atoms with E-state index in [1.165, 1.54) is 37.1 Å². The molecule has 31 heavy (non-hydrogen) atoms. The number of nitrogens with one attached hydrogen (secondary N) is 1. The van der Waals surface area contributed by atoms with Gasteiger partial charge in [0.1, 0.15) is 11.5 Å². The molecule has 1 aliphatic rings. The summed E-state index contributed by atoms with van der Waals surface area (Å²) in [6.07, 6.45) is 2.28. The fraction of sp³-hybridized carbons (Fsp3) is 0.391. The van der Waals surface area contributed by atoms with E-state index in [4.69, 9.17) is 0 Å². The topological polar surface area (TPSA) is 104 Å². The molecule has 0 radical (unpaired) electrons. The average Bonchev–Trinajstić information content (AvgIpc) is 3.27. The average molecular weight is 445 g/mol. The number of ketones is 1. The van der Waals surface area contributed by atoms with Gasteiger partial charge in [-0.1, -0.05) is 24.3 Å². The molecule has 8 heteroatoms. The van der Waals surface area contributed by atoms with E-state index in [2.05, 4.69) is 10.2 Å². The quantitative estimate of drug-likeness (QED) is 0.582. The Morgan fingerprint density at radius 1 is 1.00 bits per heavy atom. The molecule has 2 aromatic carbocycles. The molecule has 0 aromatic heterocycles. The maximum absolute atomic E-state index is 12.9. The fourth-order valence-corrected chi connectivity index (χ4v) is 5.14. The van der Waals surface area contributed by atoms with Gasteiger partial charge in [-0.05, 0) is 55.8 Å². The van der Waals surface area contributed by atoms with E-state index in [1.807, 2.05) is 0 Å². The molecule has 0 unspecified atom stereocenters. The van der Waals surface area contributed by atoms with Crippen molar-refractivity contribution in [2.75, 3.05) is 31.9 Å². The Morgan fingerprint density at radius 2 is 1.68 bits per heavy atom. The Labute approximate surface area is 183 Å². The molecule has 166 valence electrons. The molecule has 0 saturated carbocycles. The number of benzene rings is 2. The standard InChI is InChI=1S/C23H28N2O5S/c26-19-9-7-18(8-10-19)17-20(27)11-16-31(29,30)22-6-2-1-5-21(22)23(28)24-12-15-25-13-3-4-14-25/h1-2,5-10,26H,3-4,11-17H2,(H,24,28). The summed E-state index contributed by atoms with van der Waals surface area (Å²) in [6.45, 7) is 3.25. The predicted octanol–water partition coefficient (Wildman–Crippen LogP) is 2.19. The molecule has 1 aliphatic heterocycles. The zero-order chi connectivity index (χ0) is 22.3. The van der Waals surface area contributed by atoms with Gasteiger partial charge >= 0.3 is 0 Å². The van der Waals surface area contributed by atoms with Crippen molar-refractivity contribution in [3.8, 4) is 5.75 Å². The summed E-state index contributed by atoms with van der Waals surface area (Å²) >= 11 is 0. The van der Waals surface area contributed by atoms with Crippen LogP contribution in [-0.4, -0.2) is 62.0 Å². The number of likely N-dealkylation sites (tertiary alicyclic amines) is 1. The van der Waals surface area contributed by atoms with E-state index in [0.717, 1.165) is 19.6 Å². The largest absolute Gasteiger partial charge is 0.508 e. The third kappa shape index (κ3) is 6.63. The van der Waals surface area contributed by atoms with E-state index in [-0.39, 0.29) is 40.6 Å². The number of carbonyl (C=O) groups is 2. The lowest BCUT2D eigenvalue weighted by Crippen LogP contribution is -2.34. The van der Waals surface area contributed by atoms with E-state index < -0.39 is 15.7 Å². The van der Waals surface area contributed by atoms with Gasteiger partial charge in [0.15, 0.2) is 9.84 Å². The van der Waals surface area contributed by atoms with Gasteiger partial charge in [0.05, 0.1) is 16.2 Å². The Hall–Kier alpha value is -2.71. The highest BCUT2D eigenvalue weighted by Crippen LogP contribution is 2.19. The molecule has 0 atom stereocenters. The number of carbonyl (C=O) groups excluding carboxylic acids is 2. The van der Waals surface area contributed by atoms with Crippen molar-refractivity contribution < 1.29 is 23.1 Å². The first kappa shape index (κ1) is 23.0. The SMILES string of the molecule is O=C(CCS(=O)(=O)c1ccccc1C(=O)NCCN1CCCC1)Cc1ccc(O)cc1. The second-order valence-electron chi connectivity index (χ2n) is 7.75. The van der Waals surface area contributed by atoms with Crippen molar-refractivity contribution in [3.05, 3.63) is 59.7 Å². The molecule has 2 N–H and O–H groups in total. The van der Waals surface area contributed by atoms with E-state index in [0.29, 0.717) is 12.1 Å². The summed E-state index contributed by atoms with van der Waals surface area (Å²) in [5, 5.41) is 12.1. The van der Waals surface area contributed by atoms with Crippen molar-refractivity contribution in [1.82, 2.24) is 10.2 Å². The monoisotopic (exact) mass is 444 g/mol. The molecule has 0 aliphatic carbocycles. The van der Waals surface area contributed by atoms with Crippen LogP contribution in [0.4, 0.5) is 0 Å². The maximum atomic E-state index is 12.9. The normalized spacial score (nSPS) is 14.5. The smallest absolute Gasteiger partial charge is 0.252 e. The molecular formula is C23H28N2O5S. The molecule has 0 bridgehead atoms. The minimum atomic E-state index is -3.80. The number of Topliss-reactive ketones (excluding diaryl/α,β-unsaturated/α-hetero) is 1. The van der Waals surface area contributed by atoms with Crippen LogP contribution in [0.15, 0.2) is 53.4 Å². The summed E-state index contributed by atoms with van der Waals surface area (Å²) in [5.74, 6) is -0.896. The van der Waals surface area contributed by atoms with Gasteiger partial charge in [0.25, 0.3) is 5.91 Å². The number of hydrogen-bond acceptors (Lipinski definition) is 6. The van der Waals surface area contributed by atoms with Crippen LogP contribution in [0.3, 0.4) is 0 Å². The number of phenolic OH excluding ortho intramolecular Hbond substituents is 1. The van der Waals surface area contributed by atoms with Crippen molar-refractivity contribution in [2.24, 2.45) is 0 Å². The van der Waals surface area contributed by atoms with Gasteiger partial charge in [0, 0.05) is 25.9 Å². The van der Waals surface area contributed by atoms with Crippen LogP contribution in [0.25, 0.3) is 0 Å². The van der Waals surface area contributed by atoms with Crippen LogP contribution in [0, 0.1) is 0 Å². The highest BCUT2D eigenvalue weighted by molar-refractivity contribution is 7.91. The number of amides is 1. The Morgan fingerprint density at radius 3 is 2.39 bits per heavy atom. The summed E-state index contributed by atoms with van der Waals surface area (Å²) in [6, 6.07) is 12.3.